The van der Waals surface area contributed by atoms with Crippen molar-refractivity contribution in [1.82, 2.24) is 4.90 Å². The maximum absolute atomic E-state index is 15.2. The third-order valence-corrected chi connectivity index (χ3v) is 14.0. The predicted octanol–water partition coefficient (Wildman–Crippen LogP) is 3.69. The number of β-lactam (4-membered cyclic amide) rings is 2. The first kappa shape index (κ1) is 40.8. The van der Waals surface area contributed by atoms with E-state index in [0.29, 0.717) is 28.2 Å². The minimum atomic E-state index is -3.19. The van der Waals surface area contributed by atoms with Crippen molar-refractivity contribution in [2.45, 2.75) is 95.9 Å². The molecular formula is C42H48N4O11Si. The van der Waals surface area contributed by atoms with Crippen LogP contribution in [0.2, 0.25) is 18.6 Å². The summed E-state index contributed by atoms with van der Waals surface area (Å²) in [6.45, 7) is 8.06. The van der Waals surface area contributed by atoms with Crippen molar-refractivity contribution in [2.75, 3.05) is 27.9 Å². The first-order valence-corrected chi connectivity index (χ1v) is 22.4. The van der Waals surface area contributed by atoms with Gasteiger partial charge in [0.15, 0.2) is 26.4 Å². The zero-order chi connectivity index (χ0) is 41.7. The number of benzene rings is 3. The highest BCUT2D eigenvalue weighted by Crippen LogP contribution is 2.60. The van der Waals surface area contributed by atoms with Crippen molar-refractivity contribution < 1.29 is 52.9 Å². The Bertz CT molecular complexity index is 2130. The Morgan fingerprint density at radius 1 is 0.862 bits per heavy atom. The number of aliphatic hydroxyl groups excluding tert-OH is 1. The largest absolute Gasteiger partial charge is 0.441 e. The number of esters is 2. The summed E-state index contributed by atoms with van der Waals surface area (Å²) in [5, 5.41) is 9.90. The van der Waals surface area contributed by atoms with Crippen LogP contribution in [0.25, 0.3) is 0 Å². The standard InChI is InChI=1S/C42H48N4O11Si/c1-25-40(58(4,5)54)34(20-35(50)43(17-18-47)23-28-9-7-6-8-10-28)57-42(25)32-19-31(46-37(52)22-39(46)56-27(3)49)15-16-33(32)44(41(42)53)24-29-11-13-30(14-12-29)45-36(51)21-38(45)55-26(2)48/h6-16,19,25,34,38-40,47,54H,17-18,20-24H2,1-5H3/t25-,34+,38?,39?,40-,42+/m0/s1. The lowest BCUT2D eigenvalue weighted by atomic mass is 9.82. The van der Waals surface area contributed by atoms with Crippen LogP contribution in [0.1, 0.15) is 56.7 Å². The Morgan fingerprint density at radius 3 is 2.00 bits per heavy atom. The highest BCUT2D eigenvalue weighted by atomic mass is 28.4. The van der Waals surface area contributed by atoms with Gasteiger partial charge in [-0.2, -0.15) is 0 Å². The number of ether oxygens (including phenoxy) is 3. The van der Waals surface area contributed by atoms with Gasteiger partial charge in [-0.1, -0.05) is 49.4 Å². The lowest BCUT2D eigenvalue weighted by molar-refractivity contribution is -0.155. The number of hydrogen-bond acceptors (Lipinski definition) is 11. The second kappa shape index (κ2) is 15.7. The van der Waals surface area contributed by atoms with Crippen LogP contribution < -0.4 is 14.7 Å². The topological polar surface area (TPSA) is 184 Å². The number of carbonyl (C=O) groups excluding carboxylic acids is 6. The fraction of sp³-hybridized carbons (Fsp3) is 0.429. The summed E-state index contributed by atoms with van der Waals surface area (Å²) >= 11 is 0. The van der Waals surface area contributed by atoms with Gasteiger partial charge in [-0.05, 0) is 54.6 Å². The van der Waals surface area contributed by atoms with Crippen LogP contribution in [-0.4, -0.2) is 90.4 Å². The average molecular weight is 813 g/mol. The van der Waals surface area contributed by atoms with Crippen molar-refractivity contribution in [1.29, 1.82) is 0 Å². The molecule has 2 N–H and O–H groups in total. The summed E-state index contributed by atoms with van der Waals surface area (Å²) in [6, 6.07) is 21.5. The van der Waals surface area contributed by atoms with Gasteiger partial charge in [0, 0.05) is 55.3 Å². The number of amides is 4. The SMILES string of the molecule is CC(=O)OC1CC(=O)N1c1ccc(CN2C(=O)[C@]3(O[C@H](CC(=O)N(CCO)Cc4ccccc4)[C@@H]([Si](C)(C)O)[C@@H]3C)c3cc(N4C(=O)CC4OC(C)=O)ccc32)cc1. The Labute approximate surface area is 337 Å². The molecule has 0 radical (unpaired) electrons. The maximum Gasteiger partial charge on any atom is 0.304 e. The molecule has 0 aromatic heterocycles. The third-order valence-electron chi connectivity index (χ3n) is 11.5. The molecule has 15 nitrogen and oxygen atoms in total. The number of carbonyl (C=O) groups is 6. The van der Waals surface area contributed by atoms with Crippen molar-refractivity contribution in [3.63, 3.8) is 0 Å². The van der Waals surface area contributed by atoms with Crippen LogP contribution in [0.5, 0.6) is 0 Å². The molecule has 58 heavy (non-hydrogen) atoms. The molecule has 2 unspecified atom stereocenters. The summed E-state index contributed by atoms with van der Waals surface area (Å²) < 4.78 is 17.6. The Balaban J connectivity index is 1.25. The van der Waals surface area contributed by atoms with E-state index in [1.165, 1.54) is 23.6 Å². The molecule has 4 aliphatic rings. The van der Waals surface area contributed by atoms with E-state index in [1.807, 2.05) is 37.3 Å². The number of nitrogens with zero attached hydrogens (tertiary/aromatic N) is 4. The summed E-state index contributed by atoms with van der Waals surface area (Å²) in [5.41, 5.74) is 1.19. The van der Waals surface area contributed by atoms with Crippen LogP contribution in [0.15, 0.2) is 72.8 Å². The van der Waals surface area contributed by atoms with E-state index in [9.17, 15) is 33.9 Å². The molecule has 4 aliphatic heterocycles. The Morgan fingerprint density at radius 2 is 1.45 bits per heavy atom. The zero-order valence-corrected chi connectivity index (χ0v) is 34.1. The van der Waals surface area contributed by atoms with E-state index in [1.54, 1.807) is 65.4 Å². The lowest BCUT2D eigenvalue weighted by Gasteiger charge is -2.39. The Kier molecular flexibility index (Phi) is 11.1. The maximum atomic E-state index is 15.2. The van der Waals surface area contributed by atoms with Gasteiger partial charge in [0.25, 0.3) is 5.91 Å². The van der Waals surface area contributed by atoms with Crippen molar-refractivity contribution >= 4 is 60.9 Å². The van der Waals surface area contributed by atoms with Gasteiger partial charge in [0.1, 0.15) is 0 Å². The minimum Gasteiger partial charge on any atom is -0.441 e. The first-order chi connectivity index (χ1) is 27.5. The normalized spacial score (nSPS) is 25.1. The number of rotatable bonds is 13. The quantitative estimate of drug-likeness (QED) is 0.146. The predicted molar refractivity (Wildman–Crippen MR) is 212 cm³/mol. The number of aliphatic hydroxyl groups is 1. The molecule has 16 heteroatoms. The van der Waals surface area contributed by atoms with E-state index >= 15 is 4.79 Å². The molecular weight excluding hydrogens is 765 g/mol. The fourth-order valence-electron chi connectivity index (χ4n) is 9.00. The average Bonchev–Trinajstić information content (AvgIpc) is 3.57. The molecule has 1 spiro atoms. The first-order valence-electron chi connectivity index (χ1n) is 19.4. The zero-order valence-electron chi connectivity index (χ0n) is 33.1. The summed E-state index contributed by atoms with van der Waals surface area (Å²) in [4.78, 5) is 95.9. The molecule has 3 saturated heterocycles. The fourth-order valence-corrected chi connectivity index (χ4v) is 11.6. The van der Waals surface area contributed by atoms with Crippen LogP contribution in [0.4, 0.5) is 17.1 Å². The number of fused-ring (bicyclic) bond motifs is 2. The molecule has 3 aromatic rings. The van der Waals surface area contributed by atoms with Crippen LogP contribution >= 0.6 is 0 Å². The molecule has 3 fully saturated rings. The lowest BCUT2D eigenvalue weighted by Crippen LogP contribution is -2.55. The van der Waals surface area contributed by atoms with E-state index in [0.717, 1.165) is 5.56 Å². The van der Waals surface area contributed by atoms with Gasteiger partial charge >= 0.3 is 11.9 Å². The molecule has 6 atom stereocenters. The van der Waals surface area contributed by atoms with Gasteiger partial charge in [-0.25, -0.2) is 0 Å². The van der Waals surface area contributed by atoms with E-state index < -0.39 is 61.8 Å². The van der Waals surface area contributed by atoms with Crippen LogP contribution in [0, 0.1) is 5.92 Å². The second-order valence-electron chi connectivity index (χ2n) is 15.9. The van der Waals surface area contributed by atoms with Crippen molar-refractivity contribution in [2.24, 2.45) is 5.92 Å². The summed E-state index contributed by atoms with van der Waals surface area (Å²) in [6.07, 6.45) is -2.48. The molecule has 3 aromatic carbocycles. The molecule has 4 amide bonds. The highest BCUT2D eigenvalue weighted by molar-refractivity contribution is 6.71. The van der Waals surface area contributed by atoms with Crippen LogP contribution in [-0.2, 0) is 61.7 Å². The van der Waals surface area contributed by atoms with E-state index in [2.05, 4.69) is 0 Å². The van der Waals surface area contributed by atoms with Gasteiger partial charge in [0.05, 0.1) is 44.2 Å². The molecule has 4 heterocycles. The van der Waals surface area contributed by atoms with Crippen molar-refractivity contribution in [3.05, 3.63) is 89.5 Å². The third kappa shape index (κ3) is 7.40. The molecule has 0 saturated carbocycles. The minimum absolute atomic E-state index is 0.00426. The second-order valence-corrected chi connectivity index (χ2v) is 19.9. The summed E-state index contributed by atoms with van der Waals surface area (Å²) in [7, 11) is -3.19. The van der Waals surface area contributed by atoms with Crippen LogP contribution in [0.3, 0.4) is 0 Å². The van der Waals surface area contributed by atoms with Gasteiger partial charge in [-0.15, -0.1) is 0 Å². The van der Waals surface area contributed by atoms with E-state index in [-0.39, 0.29) is 63.2 Å². The smallest absolute Gasteiger partial charge is 0.304 e. The van der Waals surface area contributed by atoms with Gasteiger partial charge in [-0.3, -0.25) is 38.6 Å². The summed E-state index contributed by atoms with van der Waals surface area (Å²) in [5.74, 6) is -2.87. The molecule has 0 bridgehead atoms. The number of anilines is 3. The number of hydrogen-bond donors (Lipinski definition) is 2. The van der Waals surface area contributed by atoms with E-state index in [4.69, 9.17) is 14.2 Å². The molecule has 7 rings (SSSR count). The van der Waals surface area contributed by atoms with Crippen molar-refractivity contribution in [3.8, 4) is 0 Å². The molecule has 306 valence electrons. The monoisotopic (exact) mass is 812 g/mol. The van der Waals surface area contributed by atoms with Gasteiger partial charge < -0.3 is 33.9 Å². The Hall–Kier alpha value is -5.42. The molecule has 0 aliphatic carbocycles. The van der Waals surface area contributed by atoms with Gasteiger partial charge in [0.2, 0.25) is 17.7 Å². The highest BCUT2D eigenvalue weighted by Gasteiger charge is 2.66.